The Morgan fingerprint density at radius 2 is 1.71 bits per heavy atom. The number of carbonyl (C=O) groups is 1. The topological polar surface area (TPSA) is 35.5 Å². The first-order chi connectivity index (χ1) is 9.64. The van der Waals surface area contributed by atoms with E-state index in [4.69, 9.17) is 9.47 Å². The molecule has 0 spiro atoms. The molecule has 0 atom stereocenters. The van der Waals surface area contributed by atoms with Gasteiger partial charge in [-0.05, 0) is 52.3 Å². The first-order valence-corrected chi connectivity index (χ1v) is 7.22. The van der Waals surface area contributed by atoms with Gasteiger partial charge in [0, 0.05) is 6.42 Å². The van der Waals surface area contributed by atoms with Crippen LogP contribution in [0.15, 0.2) is 42.5 Å². The molecular weight excluding hydrogens is 264 g/mol. The zero-order chi connectivity index (χ0) is 16.1. The number of rotatable bonds is 8. The maximum atomic E-state index is 12.0. The van der Waals surface area contributed by atoms with Crippen LogP contribution in [0.5, 0.6) is 5.75 Å². The van der Waals surface area contributed by atoms with Gasteiger partial charge < -0.3 is 9.47 Å². The number of hydrogen-bond donors (Lipinski definition) is 0. The van der Waals surface area contributed by atoms with Crippen molar-refractivity contribution in [3.63, 3.8) is 0 Å². The molecule has 1 aromatic rings. The smallest absolute Gasteiger partial charge is 0.189 e. The molecule has 0 aromatic heterocycles. The van der Waals surface area contributed by atoms with Gasteiger partial charge in [-0.3, -0.25) is 4.79 Å². The Hall–Kier alpha value is -1.61. The molecule has 1 rings (SSSR count). The number of carbonyl (C=O) groups excluding carboxylic acids is 1. The molecule has 3 nitrogen and oxygen atoms in total. The Morgan fingerprint density at radius 3 is 2.24 bits per heavy atom. The number of hydrogen-bond acceptors (Lipinski definition) is 3. The van der Waals surface area contributed by atoms with Crippen molar-refractivity contribution in [3.05, 3.63) is 42.5 Å². The summed E-state index contributed by atoms with van der Waals surface area (Å²) in [7, 11) is 0. The monoisotopic (exact) mass is 290 g/mol. The highest BCUT2D eigenvalue weighted by molar-refractivity contribution is 6.00. The summed E-state index contributed by atoms with van der Waals surface area (Å²) in [6, 6.07) is 9.69. The van der Waals surface area contributed by atoms with Crippen molar-refractivity contribution in [1.29, 1.82) is 0 Å². The summed E-state index contributed by atoms with van der Waals surface area (Å²) in [5.41, 5.74) is -0.682. The Kier molecular flexibility index (Phi) is 5.73. The maximum Gasteiger partial charge on any atom is 0.189 e. The summed E-state index contributed by atoms with van der Waals surface area (Å²) in [6.45, 7) is 13.4. The van der Waals surface area contributed by atoms with E-state index in [1.165, 1.54) is 0 Å². The van der Waals surface area contributed by atoms with Crippen LogP contribution in [0.3, 0.4) is 0 Å². The van der Waals surface area contributed by atoms with E-state index in [1.807, 2.05) is 44.2 Å². The highest BCUT2D eigenvalue weighted by Crippen LogP contribution is 2.22. The molecule has 0 saturated carbocycles. The van der Waals surface area contributed by atoms with E-state index in [-0.39, 0.29) is 11.4 Å². The third kappa shape index (κ3) is 5.72. The Morgan fingerprint density at radius 1 is 1.14 bits per heavy atom. The van der Waals surface area contributed by atoms with Crippen LogP contribution in [-0.4, -0.2) is 23.6 Å². The van der Waals surface area contributed by atoms with Gasteiger partial charge in [0.15, 0.2) is 5.78 Å². The minimum absolute atomic E-state index is 0.0655. The van der Waals surface area contributed by atoms with Gasteiger partial charge in [-0.25, -0.2) is 0 Å². The highest BCUT2D eigenvalue weighted by Gasteiger charge is 2.30. The quantitative estimate of drug-likeness (QED) is 0.674. The van der Waals surface area contributed by atoms with E-state index in [1.54, 1.807) is 20.8 Å². The summed E-state index contributed by atoms with van der Waals surface area (Å²) >= 11 is 0. The second-order valence-corrected chi connectivity index (χ2v) is 6.39. The van der Waals surface area contributed by atoms with Crippen molar-refractivity contribution in [2.45, 2.75) is 52.2 Å². The molecule has 0 heterocycles. The summed E-state index contributed by atoms with van der Waals surface area (Å²) in [6.07, 6.45) is 0.689. The maximum absolute atomic E-state index is 12.0. The lowest BCUT2D eigenvalue weighted by molar-refractivity contribution is -0.137. The summed E-state index contributed by atoms with van der Waals surface area (Å²) < 4.78 is 11.7. The molecule has 0 aliphatic carbocycles. The molecule has 3 heteroatoms. The fourth-order valence-corrected chi connectivity index (χ4v) is 1.99. The predicted molar refractivity (Wildman–Crippen MR) is 85.6 cm³/mol. The molecule has 0 bridgehead atoms. The average Bonchev–Trinajstić information content (AvgIpc) is 2.37. The second kappa shape index (κ2) is 6.90. The second-order valence-electron chi connectivity index (χ2n) is 6.39. The van der Waals surface area contributed by atoms with Gasteiger partial charge in [-0.15, -0.1) is 0 Å². The lowest BCUT2D eigenvalue weighted by Gasteiger charge is -2.29. The molecule has 21 heavy (non-hydrogen) atoms. The van der Waals surface area contributed by atoms with E-state index < -0.39 is 5.60 Å². The third-order valence-corrected chi connectivity index (χ3v) is 3.24. The fourth-order valence-electron chi connectivity index (χ4n) is 1.99. The number of para-hydroxylation sites is 1. The standard InChI is InChI=1S/C18H26O3/c1-14(2)16(19)18(5,6)20-13-12-17(3,4)21-15-10-8-7-9-11-15/h7-11H,1,12-13H2,2-6H3. The van der Waals surface area contributed by atoms with Crippen LogP contribution in [-0.2, 0) is 9.53 Å². The van der Waals surface area contributed by atoms with Crippen molar-refractivity contribution in [2.75, 3.05) is 6.61 Å². The van der Waals surface area contributed by atoms with Crippen molar-refractivity contribution >= 4 is 5.78 Å². The SMILES string of the molecule is C=C(C)C(=O)C(C)(C)OCCC(C)(C)Oc1ccccc1. The van der Waals surface area contributed by atoms with Crippen molar-refractivity contribution in [1.82, 2.24) is 0 Å². The van der Waals surface area contributed by atoms with Crippen molar-refractivity contribution in [3.8, 4) is 5.75 Å². The lowest BCUT2D eigenvalue weighted by Crippen LogP contribution is -2.38. The van der Waals surface area contributed by atoms with Gasteiger partial charge in [-0.1, -0.05) is 24.8 Å². The zero-order valence-corrected chi connectivity index (χ0v) is 13.7. The molecule has 116 valence electrons. The predicted octanol–water partition coefficient (Wildman–Crippen LogP) is 4.17. The Labute approximate surface area is 128 Å². The summed E-state index contributed by atoms with van der Waals surface area (Å²) in [5, 5.41) is 0. The molecule has 0 radical (unpaired) electrons. The minimum Gasteiger partial charge on any atom is -0.488 e. The third-order valence-electron chi connectivity index (χ3n) is 3.24. The van der Waals surface area contributed by atoms with Gasteiger partial charge >= 0.3 is 0 Å². The molecule has 0 N–H and O–H groups in total. The fraction of sp³-hybridized carbons (Fsp3) is 0.500. The molecule has 0 saturated heterocycles. The molecule has 0 amide bonds. The molecule has 0 aliphatic rings. The van der Waals surface area contributed by atoms with Gasteiger partial charge in [0.25, 0.3) is 0 Å². The van der Waals surface area contributed by atoms with Crippen LogP contribution < -0.4 is 4.74 Å². The van der Waals surface area contributed by atoms with Crippen LogP contribution >= 0.6 is 0 Å². The Bertz CT molecular complexity index is 486. The normalized spacial score (nSPS) is 12.0. The van der Waals surface area contributed by atoms with Crippen molar-refractivity contribution in [2.24, 2.45) is 0 Å². The van der Waals surface area contributed by atoms with Crippen molar-refractivity contribution < 1.29 is 14.3 Å². The van der Waals surface area contributed by atoms with Gasteiger partial charge in [0.1, 0.15) is 17.0 Å². The van der Waals surface area contributed by atoms with Crippen LogP contribution in [0.1, 0.15) is 41.0 Å². The first kappa shape index (κ1) is 17.4. The van der Waals surface area contributed by atoms with Crippen LogP contribution in [0, 0.1) is 0 Å². The van der Waals surface area contributed by atoms with E-state index in [0.29, 0.717) is 18.6 Å². The minimum atomic E-state index is -0.839. The van der Waals surface area contributed by atoms with E-state index in [0.717, 1.165) is 5.75 Å². The number of ketones is 1. The van der Waals surface area contributed by atoms with E-state index >= 15 is 0 Å². The van der Waals surface area contributed by atoms with Crippen LogP contribution in [0.4, 0.5) is 0 Å². The number of ether oxygens (including phenoxy) is 2. The van der Waals surface area contributed by atoms with Gasteiger partial charge in [0.05, 0.1) is 6.61 Å². The zero-order valence-electron chi connectivity index (χ0n) is 13.7. The highest BCUT2D eigenvalue weighted by atomic mass is 16.5. The first-order valence-electron chi connectivity index (χ1n) is 7.22. The number of benzene rings is 1. The van der Waals surface area contributed by atoms with Crippen LogP contribution in [0.25, 0.3) is 0 Å². The van der Waals surface area contributed by atoms with Gasteiger partial charge in [-0.2, -0.15) is 0 Å². The molecule has 0 fully saturated rings. The summed E-state index contributed by atoms with van der Waals surface area (Å²) in [5.74, 6) is 0.768. The Balaban J connectivity index is 2.50. The molecule has 0 unspecified atom stereocenters. The molecular formula is C18H26O3. The largest absolute Gasteiger partial charge is 0.488 e. The van der Waals surface area contributed by atoms with E-state index in [9.17, 15) is 4.79 Å². The molecule has 1 aromatic carbocycles. The lowest BCUT2D eigenvalue weighted by atomic mass is 9.98. The average molecular weight is 290 g/mol. The summed E-state index contributed by atoms with van der Waals surface area (Å²) in [4.78, 5) is 12.0. The van der Waals surface area contributed by atoms with E-state index in [2.05, 4.69) is 6.58 Å². The number of Topliss-reactive ketones (excluding diaryl/α,β-unsaturated/α-hetero) is 1. The van der Waals surface area contributed by atoms with Gasteiger partial charge in [0.2, 0.25) is 0 Å². The van der Waals surface area contributed by atoms with Crippen LogP contribution in [0.2, 0.25) is 0 Å². The molecule has 0 aliphatic heterocycles.